The molecule has 1 amide bonds. The average Bonchev–Trinajstić information content (AvgIpc) is 3.21. The smallest absolute Gasteiger partial charge is 0.316 e. The highest BCUT2D eigenvalue weighted by Gasteiger charge is 2.15. The molecule has 0 saturated heterocycles. The van der Waals surface area contributed by atoms with Gasteiger partial charge in [0.15, 0.2) is 4.34 Å². The molecule has 0 radical (unpaired) electrons. The Morgan fingerprint density at radius 3 is 2.92 bits per heavy atom. The zero-order valence-electron chi connectivity index (χ0n) is 12.9. The molecule has 25 heavy (non-hydrogen) atoms. The van der Waals surface area contributed by atoms with Crippen molar-refractivity contribution in [2.24, 2.45) is 0 Å². The molecule has 0 atom stereocenters. The van der Waals surface area contributed by atoms with Gasteiger partial charge in [-0.25, -0.2) is 4.39 Å². The van der Waals surface area contributed by atoms with Crippen LogP contribution in [0.5, 0.6) is 0 Å². The maximum Gasteiger partial charge on any atom is 0.316 e. The van der Waals surface area contributed by atoms with Crippen LogP contribution in [0, 0.1) is 5.82 Å². The second-order valence-electron chi connectivity index (χ2n) is 4.68. The van der Waals surface area contributed by atoms with E-state index in [0.29, 0.717) is 31.0 Å². The van der Waals surface area contributed by atoms with Crippen molar-refractivity contribution in [3.05, 3.63) is 35.0 Å². The van der Waals surface area contributed by atoms with Crippen molar-refractivity contribution >= 4 is 61.5 Å². The lowest BCUT2D eigenvalue weighted by Crippen LogP contribution is -2.09. The first kappa shape index (κ1) is 17.8. The largest absolute Gasteiger partial charge is 0.465 e. The van der Waals surface area contributed by atoms with Crippen molar-refractivity contribution < 1.29 is 18.7 Å². The summed E-state index contributed by atoms with van der Waals surface area (Å²) in [6.07, 6.45) is 0. The monoisotopic (exact) mass is 397 g/mol. The molecule has 0 fully saturated rings. The number of thiophene rings is 1. The summed E-state index contributed by atoms with van der Waals surface area (Å²) in [5, 5.41) is 11.1. The first-order valence-electron chi connectivity index (χ1n) is 7.18. The van der Waals surface area contributed by atoms with E-state index in [4.69, 9.17) is 4.74 Å². The Hall–Kier alpha value is -2.04. The van der Waals surface area contributed by atoms with Crippen molar-refractivity contribution in [3.8, 4) is 0 Å². The van der Waals surface area contributed by atoms with Crippen molar-refractivity contribution in [1.82, 2.24) is 10.2 Å². The maximum absolute atomic E-state index is 13.7. The number of benzene rings is 1. The summed E-state index contributed by atoms with van der Waals surface area (Å²) >= 11 is 3.55. The maximum atomic E-state index is 13.7. The topological polar surface area (TPSA) is 81.2 Å². The summed E-state index contributed by atoms with van der Waals surface area (Å²) in [7, 11) is 0. The van der Waals surface area contributed by atoms with E-state index in [2.05, 4.69) is 15.5 Å². The minimum atomic E-state index is -0.376. The summed E-state index contributed by atoms with van der Waals surface area (Å²) in [4.78, 5) is 24.0. The minimum Gasteiger partial charge on any atom is -0.465 e. The Morgan fingerprint density at radius 1 is 1.32 bits per heavy atom. The molecule has 0 unspecified atom stereocenters. The summed E-state index contributed by atoms with van der Waals surface area (Å²) in [6, 6.07) is 6.24. The number of carbonyl (C=O) groups is 2. The van der Waals surface area contributed by atoms with Gasteiger partial charge >= 0.3 is 5.97 Å². The Bertz CT molecular complexity index is 925. The van der Waals surface area contributed by atoms with Gasteiger partial charge in [-0.15, -0.1) is 21.5 Å². The second kappa shape index (κ2) is 7.89. The van der Waals surface area contributed by atoms with Crippen molar-refractivity contribution in [2.75, 3.05) is 17.7 Å². The van der Waals surface area contributed by atoms with Crippen LogP contribution in [-0.2, 0) is 9.53 Å². The number of nitrogens with one attached hydrogen (secondary N) is 1. The third-order valence-corrected chi connectivity index (χ3v) is 6.02. The number of hydrogen-bond donors (Lipinski definition) is 1. The van der Waals surface area contributed by atoms with Crippen LogP contribution in [0.2, 0.25) is 0 Å². The number of ether oxygens (including phenoxy) is 1. The molecule has 2 aromatic heterocycles. The Labute approximate surface area is 154 Å². The van der Waals surface area contributed by atoms with Crippen LogP contribution in [0.15, 0.2) is 28.6 Å². The standard InChI is InChI=1S/C15H12FN3O3S3/c1-2-22-12(20)7-23-15-19-18-14(25-15)17-13(21)11-6-8-9(16)4-3-5-10(8)24-11/h3-6H,2,7H2,1H3,(H,17,18,21). The molecule has 1 N–H and O–H groups in total. The molecule has 1 aromatic carbocycles. The Kier molecular flexibility index (Phi) is 5.61. The van der Waals surface area contributed by atoms with Gasteiger partial charge in [0, 0.05) is 10.1 Å². The molecule has 0 aliphatic carbocycles. The summed E-state index contributed by atoms with van der Waals surface area (Å²) < 4.78 is 19.8. The van der Waals surface area contributed by atoms with E-state index in [9.17, 15) is 14.0 Å². The number of thioether (sulfide) groups is 1. The second-order valence-corrected chi connectivity index (χ2v) is 7.97. The first-order chi connectivity index (χ1) is 12.1. The predicted molar refractivity (Wildman–Crippen MR) is 97.0 cm³/mol. The zero-order chi connectivity index (χ0) is 17.8. The molecular formula is C15H12FN3O3S3. The van der Waals surface area contributed by atoms with E-state index < -0.39 is 0 Å². The van der Waals surface area contributed by atoms with E-state index in [-0.39, 0.29) is 23.4 Å². The number of halogens is 1. The lowest BCUT2D eigenvalue weighted by atomic mass is 10.2. The van der Waals surface area contributed by atoms with E-state index in [0.717, 1.165) is 11.3 Å². The van der Waals surface area contributed by atoms with Crippen LogP contribution < -0.4 is 5.32 Å². The molecule has 130 valence electrons. The first-order valence-corrected chi connectivity index (χ1v) is 9.80. The molecule has 0 aliphatic rings. The normalized spacial score (nSPS) is 10.8. The number of hydrogen-bond acceptors (Lipinski definition) is 8. The van der Waals surface area contributed by atoms with Crippen LogP contribution in [0.25, 0.3) is 10.1 Å². The van der Waals surface area contributed by atoms with E-state index in [1.807, 2.05) is 0 Å². The summed E-state index contributed by atoms with van der Waals surface area (Å²) in [5.41, 5.74) is 0. The summed E-state index contributed by atoms with van der Waals surface area (Å²) in [5.74, 6) is -0.938. The quantitative estimate of drug-likeness (QED) is 0.387. The zero-order valence-corrected chi connectivity index (χ0v) is 15.4. The molecule has 6 nitrogen and oxygen atoms in total. The van der Waals surface area contributed by atoms with Gasteiger partial charge in [0.05, 0.1) is 17.2 Å². The van der Waals surface area contributed by atoms with Crippen molar-refractivity contribution in [3.63, 3.8) is 0 Å². The number of anilines is 1. The number of amides is 1. The number of fused-ring (bicyclic) bond motifs is 1. The number of nitrogens with zero attached hydrogens (tertiary/aromatic N) is 2. The molecule has 0 bridgehead atoms. The minimum absolute atomic E-state index is 0.131. The highest BCUT2D eigenvalue weighted by Crippen LogP contribution is 2.29. The lowest BCUT2D eigenvalue weighted by Gasteiger charge is -1.98. The van der Waals surface area contributed by atoms with E-state index >= 15 is 0 Å². The predicted octanol–water partition coefficient (Wildman–Crippen LogP) is 3.80. The van der Waals surface area contributed by atoms with Crippen molar-refractivity contribution in [1.29, 1.82) is 0 Å². The number of carbonyl (C=O) groups excluding carboxylic acids is 2. The van der Waals surface area contributed by atoms with Gasteiger partial charge in [-0.05, 0) is 25.1 Å². The van der Waals surface area contributed by atoms with E-state index in [1.165, 1.54) is 35.2 Å². The van der Waals surface area contributed by atoms with Gasteiger partial charge in [0.25, 0.3) is 5.91 Å². The van der Waals surface area contributed by atoms with Crippen LogP contribution in [0.3, 0.4) is 0 Å². The third-order valence-electron chi connectivity index (χ3n) is 2.98. The number of aromatic nitrogens is 2. The fourth-order valence-electron chi connectivity index (χ4n) is 1.94. The fraction of sp³-hybridized carbons (Fsp3) is 0.200. The van der Waals surface area contributed by atoms with Gasteiger partial charge in [0.2, 0.25) is 5.13 Å². The molecule has 0 spiro atoms. The Morgan fingerprint density at radius 2 is 2.16 bits per heavy atom. The van der Waals surface area contributed by atoms with Crippen LogP contribution >= 0.6 is 34.4 Å². The van der Waals surface area contributed by atoms with Crippen LogP contribution in [0.1, 0.15) is 16.6 Å². The number of esters is 1. The lowest BCUT2D eigenvalue weighted by molar-refractivity contribution is -0.139. The average molecular weight is 397 g/mol. The molecule has 10 heteroatoms. The fourth-order valence-corrected chi connectivity index (χ4v) is 4.45. The highest BCUT2D eigenvalue weighted by atomic mass is 32.2. The molecule has 0 saturated carbocycles. The van der Waals surface area contributed by atoms with Gasteiger partial charge < -0.3 is 4.74 Å². The number of rotatable bonds is 6. The van der Waals surface area contributed by atoms with Gasteiger partial charge in [-0.3, -0.25) is 14.9 Å². The highest BCUT2D eigenvalue weighted by molar-refractivity contribution is 8.01. The molecule has 2 heterocycles. The summed E-state index contributed by atoms with van der Waals surface area (Å²) in [6.45, 7) is 2.06. The SMILES string of the molecule is CCOC(=O)CSc1nnc(NC(=O)c2cc3c(F)cccc3s2)s1. The van der Waals surface area contributed by atoms with Gasteiger partial charge in [-0.1, -0.05) is 29.2 Å². The van der Waals surface area contributed by atoms with Crippen molar-refractivity contribution in [2.45, 2.75) is 11.3 Å². The van der Waals surface area contributed by atoms with E-state index in [1.54, 1.807) is 19.1 Å². The molecule has 3 aromatic rings. The van der Waals surface area contributed by atoms with Gasteiger partial charge in [-0.2, -0.15) is 0 Å². The van der Waals surface area contributed by atoms with Crippen LogP contribution in [-0.4, -0.2) is 34.4 Å². The molecule has 3 rings (SSSR count). The Balaban J connectivity index is 1.64. The molecular weight excluding hydrogens is 385 g/mol. The molecule has 0 aliphatic heterocycles. The third kappa shape index (κ3) is 4.33. The van der Waals surface area contributed by atoms with Gasteiger partial charge in [0.1, 0.15) is 5.82 Å². The van der Waals surface area contributed by atoms with Crippen LogP contribution in [0.4, 0.5) is 9.52 Å².